The average molecular weight is 536 g/mol. The van der Waals surface area contributed by atoms with Crippen LogP contribution < -0.4 is 15.0 Å². The molecule has 0 radical (unpaired) electrons. The summed E-state index contributed by atoms with van der Waals surface area (Å²) in [7, 11) is 1.59. The minimum absolute atomic E-state index is 0.178. The Morgan fingerprint density at radius 3 is 2.40 bits per heavy atom. The number of rotatable bonds is 11. The summed E-state index contributed by atoms with van der Waals surface area (Å²) < 4.78 is 5.41. The van der Waals surface area contributed by atoms with Gasteiger partial charge in [0.1, 0.15) is 18.3 Å². The fraction of sp³-hybridized carbons (Fsp3) is 0.242. The van der Waals surface area contributed by atoms with Crippen molar-refractivity contribution in [1.82, 2.24) is 10.2 Å². The number of nitrogens with one attached hydrogen (secondary N) is 1. The first-order chi connectivity index (χ1) is 19.5. The first kappa shape index (κ1) is 26.9. The second-order valence-electron chi connectivity index (χ2n) is 9.94. The molecule has 1 aliphatic rings. The lowest BCUT2D eigenvalue weighted by Gasteiger charge is -2.33. The second-order valence-corrected chi connectivity index (χ2v) is 9.94. The van der Waals surface area contributed by atoms with Crippen molar-refractivity contribution in [2.45, 2.75) is 32.4 Å². The van der Waals surface area contributed by atoms with Crippen LogP contribution in [-0.4, -0.2) is 48.9 Å². The summed E-state index contributed by atoms with van der Waals surface area (Å²) in [5, 5.41) is 4.79. The summed E-state index contributed by atoms with van der Waals surface area (Å²) in [4.78, 5) is 44.4. The third kappa shape index (κ3) is 5.54. The van der Waals surface area contributed by atoms with Crippen LogP contribution in [0.3, 0.4) is 0 Å². The Labute approximate surface area is 234 Å². The third-order valence-electron chi connectivity index (χ3n) is 7.25. The highest BCUT2D eigenvalue weighted by Crippen LogP contribution is 2.37. The fourth-order valence-electron chi connectivity index (χ4n) is 5.25. The predicted octanol–water partition coefficient (Wildman–Crippen LogP) is 4.97. The Kier molecular flexibility index (Phi) is 8.10. The van der Waals surface area contributed by atoms with E-state index in [1.54, 1.807) is 18.1 Å². The zero-order chi connectivity index (χ0) is 28.1. The molecule has 1 heterocycles. The van der Waals surface area contributed by atoms with Gasteiger partial charge in [-0.2, -0.15) is 0 Å². The lowest BCUT2D eigenvalue weighted by molar-refractivity contribution is -0.140. The van der Waals surface area contributed by atoms with E-state index in [1.165, 1.54) is 4.90 Å². The van der Waals surface area contributed by atoms with E-state index in [-0.39, 0.29) is 30.8 Å². The van der Waals surface area contributed by atoms with Gasteiger partial charge in [0.2, 0.25) is 11.8 Å². The highest BCUT2D eigenvalue weighted by Gasteiger charge is 2.35. The van der Waals surface area contributed by atoms with Crippen LogP contribution in [0.5, 0.6) is 5.75 Å². The van der Waals surface area contributed by atoms with Crippen LogP contribution in [0.4, 0.5) is 5.69 Å². The minimum atomic E-state index is -0.775. The first-order valence-electron chi connectivity index (χ1n) is 13.6. The third-order valence-corrected chi connectivity index (χ3v) is 7.25. The maximum Gasteiger partial charge on any atom is 0.259 e. The van der Waals surface area contributed by atoms with E-state index in [9.17, 15) is 14.4 Å². The maximum absolute atomic E-state index is 14.2. The quantitative estimate of drug-likeness (QED) is 0.294. The number of anilines is 1. The molecular weight excluding hydrogens is 502 g/mol. The molecule has 0 bridgehead atoms. The molecule has 1 aliphatic heterocycles. The molecule has 0 fully saturated rings. The van der Waals surface area contributed by atoms with E-state index in [0.717, 1.165) is 28.3 Å². The molecule has 0 saturated carbocycles. The van der Waals surface area contributed by atoms with Gasteiger partial charge < -0.3 is 15.0 Å². The fourth-order valence-corrected chi connectivity index (χ4v) is 5.25. The molecule has 4 aromatic carbocycles. The molecule has 7 heteroatoms. The summed E-state index contributed by atoms with van der Waals surface area (Å²) in [5.74, 6) is -0.0815. The Bertz CT molecular complexity index is 1530. The van der Waals surface area contributed by atoms with Crippen molar-refractivity contribution in [1.29, 1.82) is 0 Å². The standard InChI is InChI=1S/C33H33N3O4/c1-3-18-34-32(38)29(20-23-10-5-4-6-11-23)35(21-24-12-7-15-26(19-24)40-2)30(37)22-36-28-17-9-14-25-13-8-16-27(31(25)28)33(36)39/h4-17,19,29H,3,18,20-22H2,1-2H3,(H,34,38)/t29-/m0/s1. The lowest BCUT2D eigenvalue weighted by atomic mass is 10.0. The van der Waals surface area contributed by atoms with Gasteiger partial charge >= 0.3 is 0 Å². The lowest BCUT2D eigenvalue weighted by Crippen LogP contribution is -2.53. The number of benzene rings is 4. The van der Waals surface area contributed by atoms with E-state index in [4.69, 9.17) is 4.74 Å². The molecule has 0 aliphatic carbocycles. The molecule has 40 heavy (non-hydrogen) atoms. The normalized spacial score (nSPS) is 12.8. The van der Waals surface area contributed by atoms with Crippen molar-refractivity contribution in [2.75, 3.05) is 25.1 Å². The Balaban J connectivity index is 1.51. The van der Waals surface area contributed by atoms with Gasteiger partial charge in [-0.25, -0.2) is 0 Å². The van der Waals surface area contributed by atoms with Crippen molar-refractivity contribution in [3.8, 4) is 5.75 Å². The van der Waals surface area contributed by atoms with Gasteiger partial charge in [-0.05, 0) is 47.2 Å². The van der Waals surface area contributed by atoms with Crippen LogP contribution in [0.25, 0.3) is 10.8 Å². The number of carbonyl (C=O) groups excluding carboxylic acids is 3. The number of methoxy groups -OCH3 is 1. The van der Waals surface area contributed by atoms with Crippen molar-refractivity contribution in [3.63, 3.8) is 0 Å². The summed E-state index contributed by atoms with van der Waals surface area (Å²) in [6.07, 6.45) is 1.12. The summed E-state index contributed by atoms with van der Waals surface area (Å²) in [5.41, 5.74) is 3.06. The predicted molar refractivity (Wildman–Crippen MR) is 156 cm³/mol. The van der Waals surface area contributed by atoms with Crippen molar-refractivity contribution < 1.29 is 19.1 Å². The molecule has 7 nitrogen and oxygen atoms in total. The zero-order valence-electron chi connectivity index (χ0n) is 22.8. The second kappa shape index (κ2) is 12.0. The van der Waals surface area contributed by atoms with Crippen LogP contribution in [0.15, 0.2) is 91.0 Å². The van der Waals surface area contributed by atoms with E-state index < -0.39 is 6.04 Å². The SMILES string of the molecule is CCCNC(=O)[C@H](Cc1ccccc1)N(Cc1cccc(OC)c1)C(=O)CN1C(=O)c2cccc3cccc1c23. The Morgan fingerprint density at radius 2 is 1.65 bits per heavy atom. The van der Waals surface area contributed by atoms with Crippen molar-refractivity contribution in [2.24, 2.45) is 0 Å². The van der Waals surface area contributed by atoms with Crippen LogP contribution >= 0.6 is 0 Å². The Hall–Kier alpha value is -4.65. The highest BCUT2D eigenvalue weighted by molar-refractivity contribution is 6.26. The van der Waals surface area contributed by atoms with Gasteiger partial charge in [0.05, 0.1) is 12.8 Å². The van der Waals surface area contributed by atoms with Gasteiger partial charge in [-0.15, -0.1) is 0 Å². The summed E-state index contributed by atoms with van der Waals surface area (Å²) in [6, 6.07) is 27.7. The van der Waals surface area contributed by atoms with Crippen LogP contribution in [-0.2, 0) is 22.6 Å². The zero-order valence-corrected chi connectivity index (χ0v) is 22.8. The van der Waals surface area contributed by atoms with E-state index >= 15 is 0 Å². The maximum atomic E-state index is 14.2. The average Bonchev–Trinajstić information content (AvgIpc) is 3.26. The van der Waals surface area contributed by atoms with Gasteiger partial charge in [-0.1, -0.05) is 73.7 Å². The molecular formula is C33H33N3O4. The van der Waals surface area contributed by atoms with E-state index in [1.807, 2.05) is 91.9 Å². The largest absolute Gasteiger partial charge is 0.497 e. The molecule has 204 valence electrons. The minimum Gasteiger partial charge on any atom is -0.497 e. The number of ether oxygens (including phenoxy) is 1. The molecule has 5 rings (SSSR count). The van der Waals surface area contributed by atoms with Crippen molar-refractivity contribution in [3.05, 3.63) is 108 Å². The highest BCUT2D eigenvalue weighted by atomic mass is 16.5. The molecule has 0 aromatic heterocycles. The smallest absolute Gasteiger partial charge is 0.259 e. The molecule has 3 amide bonds. The van der Waals surface area contributed by atoms with E-state index in [2.05, 4.69) is 5.32 Å². The number of hydrogen-bond donors (Lipinski definition) is 1. The van der Waals surface area contributed by atoms with Crippen molar-refractivity contribution >= 4 is 34.2 Å². The summed E-state index contributed by atoms with van der Waals surface area (Å²) >= 11 is 0. The Morgan fingerprint density at radius 1 is 0.925 bits per heavy atom. The molecule has 0 saturated heterocycles. The van der Waals surface area contributed by atoms with Crippen LogP contribution in [0.1, 0.15) is 34.8 Å². The number of nitrogens with zero attached hydrogens (tertiary/aromatic N) is 2. The molecule has 4 aromatic rings. The van der Waals surface area contributed by atoms with E-state index in [0.29, 0.717) is 30.0 Å². The molecule has 0 spiro atoms. The van der Waals surface area contributed by atoms with Crippen LogP contribution in [0.2, 0.25) is 0 Å². The molecule has 1 N–H and O–H groups in total. The topological polar surface area (TPSA) is 79.0 Å². The van der Waals surface area contributed by atoms with Gasteiger partial charge in [0, 0.05) is 30.5 Å². The van der Waals surface area contributed by atoms with Gasteiger partial charge in [-0.3, -0.25) is 19.3 Å². The first-order valence-corrected chi connectivity index (χ1v) is 13.6. The molecule has 1 atom stereocenters. The molecule has 0 unspecified atom stereocenters. The van der Waals surface area contributed by atoms with Crippen LogP contribution in [0, 0.1) is 0 Å². The number of amides is 3. The van der Waals surface area contributed by atoms with Gasteiger partial charge in [0.25, 0.3) is 5.91 Å². The summed E-state index contributed by atoms with van der Waals surface area (Å²) in [6.45, 7) is 2.51. The number of hydrogen-bond acceptors (Lipinski definition) is 4. The van der Waals surface area contributed by atoms with Gasteiger partial charge in [0.15, 0.2) is 0 Å². The number of carbonyl (C=O) groups is 3. The monoisotopic (exact) mass is 535 g/mol.